The molecule has 0 saturated heterocycles. The smallest absolute Gasteiger partial charge is 0.0644 e. The molecule has 2 unspecified atom stereocenters. The molecule has 18 heavy (non-hydrogen) atoms. The summed E-state index contributed by atoms with van der Waals surface area (Å²) in [5.41, 5.74) is 3.66. The van der Waals surface area contributed by atoms with E-state index in [9.17, 15) is 0 Å². The summed E-state index contributed by atoms with van der Waals surface area (Å²) in [5, 5.41) is 16.9. The lowest BCUT2D eigenvalue weighted by molar-refractivity contribution is 0.227. The number of aryl methyl sites for hydroxylation is 2. The molecule has 104 valence electrons. The Balaban J connectivity index is 2.43. The van der Waals surface area contributed by atoms with Crippen molar-refractivity contribution in [2.75, 3.05) is 13.2 Å². The van der Waals surface area contributed by atoms with Crippen LogP contribution in [0.2, 0.25) is 0 Å². The minimum Gasteiger partial charge on any atom is -0.396 e. The van der Waals surface area contributed by atoms with Crippen molar-refractivity contribution < 1.29 is 5.11 Å². The zero-order valence-electron chi connectivity index (χ0n) is 12.3. The van der Waals surface area contributed by atoms with Gasteiger partial charge in [0.2, 0.25) is 0 Å². The van der Waals surface area contributed by atoms with Gasteiger partial charge in [0.05, 0.1) is 5.69 Å². The second-order valence-electron chi connectivity index (χ2n) is 5.31. The lowest BCUT2D eigenvalue weighted by atomic mass is 10.0. The highest BCUT2D eigenvalue weighted by Gasteiger charge is 2.15. The van der Waals surface area contributed by atoms with Gasteiger partial charge in [0.15, 0.2) is 0 Å². The van der Waals surface area contributed by atoms with Gasteiger partial charge < -0.3 is 10.4 Å². The first-order chi connectivity index (χ1) is 8.47. The van der Waals surface area contributed by atoms with Crippen LogP contribution < -0.4 is 5.32 Å². The molecule has 0 aromatic carbocycles. The lowest BCUT2D eigenvalue weighted by Gasteiger charge is -2.15. The van der Waals surface area contributed by atoms with Crippen molar-refractivity contribution in [3.8, 4) is 0 Å². The van der Waals surface area contributed by atoms with E-state index in [4.69, 9.17) is 5.11 Å². The SMILES string of the molecule is Cc1nn(C)c(C)c1C(C)NCCCC(C)CO. The maximum absolute atomic E-state index is 8.97. The first-order valence-electron chi connectivity index (χ1n) is 6.81. The van der Waals surface area contributed by atoms with Crippen LogP contribution in [0.4, 0.5) is 0 Å². The highest BCUT2D eigenvalue weighted by atomic mass is 16.3. The average molecular weight is 253 g/mol. The summed E-state index contributed by atoms with van der Waals surface area (Å²) in [6, 6.07) is 0.336. The van der Waals surface area contributed by atoms with Crippen LogP contribution in [0.25, 0.3) is 0 Å². The second-order valence-corrected chi connectivity index (χ2v) is 5.31. The first-order valence-corrected chi connectivity index (χ1v) is 6.81. The third-order valence-electron chi connectivity index (χ3n) is 3.63. The fraction of sp³-hybridized carbons (Fsp3) is 0.786. The van der Waals surface area contributed by atoms with Gasteiger partial charge in [-0.1, -0.05) is 6.92 Å². The Kier molecular flexibility index (Phi) is 5.82. The van der Waals surface area contributed by atoms with Gasteiger partial charge in [-0.15, -0.1) is 0 Å². The van der Waals surface area contributed by atoms with Crippen LogP contribution in [0.3, 0.4) is 0 Å². The Morgan fingerprint density at radius 1 is 1.33 bits per heavy atom. The van der Waals surface area contributed by atoms with Gasteiger partial charge in [0, 0.05) is 31.0 Å². The molecule has 0 aliphatic rings. The normalized spacial score (nSPS) is 14.8. The summed E-state index contributed by atoms with van der Waals surface area (Å²) in [6.07, 6.45) is 2.17. The third-order valence-corrected chi connectivity index (χ3v) is 3.63. The van der Waals surface area contributed by atoms with Gasteiger partial charge >= 0.3 is 0 Å². The molecule has 1 heterocycles. The average Bonchev–Trinajstić information content (AvgIpc) is 2.58. The number of aliphatic hydroxyl groups is 1. The van der Waals surface area contributed by atoms with Crippen molar-refractivity contribution in [2.24, 2.45) is 13.0 Å². The van der Waals surface area contributed by atoms with E-state index in [0.717, 1.165) is 25.1 Å². The topological polar surface area (TPSA) is 50.1 Å². The lowest BCUT2D eigenvalue weighted by Crippen LogP contribution is -2.21. The molecule has 1 rings (SSSR count). The van der Waals surface area contributed by atoms with E-state index in [-0.39, 0.29) is 6.61 Å². The summed E-state index contributed by atoms with van der Waals surface area (Å²) >= 11 is 0. The number of nitrogens with zero attached hydrogens (tertiary/aromatic N) is 2. The van der Waals surface area contributed by atoms with Gasteiger partial charge in [-0.2, -0.15) is 5.10 Å². The van der Waals surface area contributed by atoms with Crippen LogP contribution in [0.15, 0.2) is 0 Å². The van der Waals surface area contributed by atoms with E-state index in [1.165, 1.54) is 11.3 Å². The summed E-state index contributed by atoms with van der Waals surface area (Å²) in [7, 11) is 1.99. The standard InChI is InChI=1S/C14H27N3O/c1-10(9-18)7-6-8-15-11(2)14-12(3)16-17(5)13(14)4/h10-11,15,18H,6-9H2,1-5H3. The summed E-state index contributed by atoms with van der Waals surface area (Å²) < 4.78 is 1.94. The Morgan fingerprint density at radius 2 is 2.00 bits per heavy atom. The van der Waals surface area contributed by atoms with Crippen LogP contribution in [0.5, 0.6) is 0 Å². The molecule has 1 aromatic rings. The highest BCUT2D eigenvalue weighted by Crippen LogP contribution is 2.20. The molecule has 0 fully saturated rings. The van der Waals surface area contributed by atoms with E-state index in [0.29, 0.717) is 12.0 Å². The van der Waals surface area contributed by atoms with Crippen molar-refractivity contribution in [2.45, 2.75) is 46.6 Å². The molecule has 2 atom stereocenters. The van der Waals surface area contributed by atoms with Crippen molar-refractivity contribution in [1.82, 2.24) is 15.1 Å². The molecular formula is C14H27N3O. The monoisotopic (exact) mass is 253 g/mol. The predicted molar refractivity (Wildman–Crippen MR) is 74.6 cm³/mol. The van der Waals surface area contributed by atoms with E-state index < -0.39 is 0 Å². The van der Waals surface area contributed by atoms with E-state index >= 15 is 0 Å². The van der Waals surface area contributed by atoms with Crippen LogP contribution in [-0.2, 0) is 7.05 Å². The molecular weight excluding hydrogens is 226 g/mol. The molecule has 4 heteroatoms. The fourth-order valence-corrected chi connectivity index (χ4v) is 2.38. The van der Waals surface area contributed by atoms with Gasteiger partial charge in [-0.3, -0.25) is 4.68 Å². The molecule has 0 aliphatic heterocycles. The van der Waals surface area contributed by atoms with Gasteiger partial charge in [0.25, 0.3) is 0 Å². The first kappa shape index (κ1) is 15.2. The Bertz CT molecular complexity index is 373. The number of aliphatic hydroxyl groups excluding tert-OH is 1. The number of hydrogen-bond donors (Lipinski definition) is 2. The van der Waals surface area contributed by atoms with Gasteiger partial charge in [-0.05, 0) is 46.1 Å². The summed E-state index contributed by atoms with van der Waals surface area (Å²) in [4.78, 5) is 0. The maximum Gasteiger partial charge on any atom is 0.0644 e. The van der Waals surface area contributed by atoms with Crippen molar-refractivity contribution in [3.63, 3.8) is 0 Å². The van der Waals surface area contributed by atoms with Crippen LogP contribution in [0.1, 0.15) is 49.7 Å². The second kappa shape index (κ2) is 6.90. The fourth-order valence-electron chi connectivity index (χ4n) is 2.38. The molecule has 0 saturated carbocycles. The quantitative estimate of drug-likeness (QED) is 0.732. The summed E-state index contributed by atoms with van der Waals surface area (Å²) in [6.45, 7) is 9.72. The zero-order valence-corrected chi connectivity index (χ0v) is 12.3. The van der Waals surface area contributed by atoms with Crippen LogP contribution >= 0.6 is 0 Å². The number of hydrogen-bond acceptors (Lipinski definition) is 3. The third kappa shape index (κ3) is 3.82. The van der Waals surface area contributed by atoms with Crippen molar-refractivity contribution >= 4 is 0 Å². The minimum atomic E-state index is 0.288. The molecule has 4 nitrogen and oxygen atoms in total. The molecule has 1 aromatic heterocycles. The van der Waals surface area contributed by atoms with E-state index in [1.54, 1.807) is 0 Å². The highest BCUT2D eigenvalue weighted by molar-refractivity contribution is 5.27. The summed E-state index contributed by atoms with van der Waals surface area (Å²) in [5.74, 6) is 0.406. The van der Waals surface area contributed by atoms with Gasteiger partial charge in [-0.25, -0.2) is 0 Å². The number of aromatic nitrogens is 2. The molecule has 0 aliphatic carbocycles. The Hall–Kier alpha value is -0.870. The van der Waals surface area contributed by atoms with Crippen molar-refractivity contribution in [3.05, 3.63) is 17.0 Å². The van der Waals surface area contributed by atoms with Crippen LogP contribution in [-0.4, -0.2) is 28.0 Å². The predicted octanol–water partition coefficient (Wildman–Crippen LogP) is 2.10. The number of rotatable bonds is 7. The van der Waals surface area contributed by atoms with Crippen LogP contribution in [0, 0.1) is 19.8 Å². The zero-order chi connectivity index (χ0) is 13.7. The molecule has 0 bridgehead atoms. The van der Waals surface area contributed by atoms with Crippen molar-refractivity contribution in [1.29, 1.82) is 0 Å². The Labute approximate surface area is 110 Å². The largest absolute Gasteiger partial charge is 0.396 e. The van der Waals surface area contributed by atoms with E-state index in [2.05, 4.69) is 38.1 Å². The molecule has 2 N–H and O–H groups in total. The number of nitrogens with one attached hydrogen (secondary N) is 1. The Morgan fingerprint density at radius 3 is 2.50 bits per heavy atom. The molecule has 0 amide bonds. The minimum absolute atomic E-state index is 0.288. The maximum atomic E-state index is 8.97. The molecule has 0 spiro atoms. The molecule has 0 radical (unpaired) electrons. The van der Waals surface area contributed by atoms with E-state index in [1.807, 2.05) is 11.7 Å². The van der Waals surface area contributed by atoms with Gasteiger partial charge in [0.1, 0.15) is 0 Å².